The fourth-order valence-electron chi connectivity index (χ4n) is 2.18. The average Bonchev–Trinajstić information content (AvgIpc) is 2.43. The van der Waals surface area contributed by atoms with Gasteiger partial charge in [-0.3, -0.25) is 0 Å². The van der Waals surface area contributed by atoms with Crippen LogP contribution in [0.15, 0.2) is 24.3 Å². The first-order valence-corrected chi connectivity index (χ1v) is 5.70. The molecule has 0 unspecified atom stereocenters. The molecule has 0 fully saturated rings. The summed E-state index contributed by atoms with van der Waals surface area (Å²) >= 11 is 0. The molecule has 0 amide bonds. The maximum Gasteiger partial charge on any atom is 1.00 e. The standard InChI is InChI=1S/C14H8O8.4K/c15-11(16)6-2-4-7(12(17)18)9-5(6)1-3-8(13(19)20)10(9)14(21)22;;;;/h1-4H,(H,15,16)(H,17,18)(H,19,20)(H,21,22);;;;/q;4*+1/p-4. The number of carboxylic acids is 4. The smallest absolute Gasteiger partial charge is 0.545 e. The molecule has 0 N–H and O–H groups in total. The molecule has 0 atom stereocenters. The Morgan fingerprint density at radius 2 is 0.923 bits per heavy atom. The van der Waals surface area contributed by atoms with E-state index in [1.54, 1.807) is 0 Å². The van der Waals surface area contributed by atoms with Gasteiger partial charge in [0.1, 0.15) is 0 Å². The number of benzene rings is 2. The van der Waals surface area contributed by atoms with Crippen molar-refractivity contribution in [2.45, 2.75) is 0 Å². The van der Waals surface area contributed by atoms with Crippen LogP contribution in [0.25, 0.3) is 10.8 Å². The van der Waals surface area contributed by atoms with E-state index in [1.807, 2.05) is 0 Å². The maximum atomic E-state index is 11.2. The molecule has 0 aromatic heterocycles. The molecule has 0 radical (unpaired) electrons. The van der Waals surface area contributed by atoms with Crippen LogP contribution in [0.3, 0.4) is 0 Å². The van der Waals surface area contributed by atoms with Crippen LogP contribution < -0.4 is 226 Å². The van der Waals surface area contributed by atoms with Gasteiger partial charge in [-0.2, -0.15) is 0 Å². The van der Waals surface area contributed by atoms with Gasteiger partial charge in [0.05, 0.1) is 23.9 Å². The van der Waals surface area contributed by atoms with Crippen LogP contribution in [0.4, 0.5) is 0 Å². The number of aromatic carboxylic acids is 4. The van der Waals surface area contributed by atoms with Gasteiger partial charge in [-0.1, -0.05) is 24.3 Å². The molecule has 2 aromatic rings. The zero-order valence-electron chi connectivity index (χ0n) is 14.6. The van der Waals surface area contributed by atoms with Crippen molar-refractivity contribution >= 4 is 34.6 Å². The number of carboxylic acid groups (broad SMARTS) is 4. The minimum absolute atomic E-state index is 0. The van der Waals surface area contributed by atoms with Crippen molar-refractivity contribution in [3.8, 4) is 0 Å². The van der Waals surface area contributed by atoms with Crippen molar-refractivity contribution < 1.29 is 245 Å². The normalized spacial score (nSPS) is 8.77. The molecule has 12 heteroatoms. The third-order valence-corrected chi connectivity index (χ3v) is 3.05. The molecule has 0 aliphatic carbocycles. The fraction of sp³-hybridized carbons (Fsp3) is 0. The molecule has 26 heavy (non-hydrogen) atoms. The Hall–Kier alpha value is 3.13. The van der Waals surface area contributed by atoms with E-state index in [9.17, 15) is 39.6 Å². The minimum atomic E-state index is -2.00. The Morgan fingerprint density at radius 3 is 1.31 bits per heavy atom. The van der Waals surface area contributed by atoms with E-state index >= 15 is 0 Å². The van der Waals surface area contributed by atoms with Gasteiger partial charge in [-0.15, -0.1) is 0 Å². The van der Waals surface area contributed by atoms with Crippen LogP contribution in [-0.4, -0.2) is 23.9 Å². The van der Waals surface area contributed by atoms with E-state index in [2.05, 4.69) is 0 Å². The summed E-state index contributed by atoms with van der Waals surface area (Å²) in [6, 6.07) is 3.41. The predicted octanol–water partition coefficient (Wildman–Crippen LogP) is -15.7. The Balaban J connectivity index is -0.00000132. The molecular formula is C14H4K4O8. The first kappa shape index (κ1) is 33.8. The molecule has 0 aliphatic heterocycles. The number of hydrogen-bond acceptors (Lipinski definition) is 8. The summed E-state index contributed by atoms with van der Waals surface area (Å²) in [5.41, 5.74) is -3.04. The minimum Gasteiger partial charge on any atom is -0.545 e. The topological polar surface area (TPSA) is 161 Å². The second-order valence-electron chi connectivity index (χ2n) is 4.22. The summed E-state index contributed by atoms with van der Waals surface area (Å²) in [7, 11) is 0. The zero-order valence-corrected chi connectivity index (χ0v) is 27.1. The first-order chi connectivity index (χ1) is 10.3. The summed E-state index contributed by atoms with van der Waals surface area (Å²) in [5.74, 6) is -7.39. The van der Waals surface area contributed by atoms with E-state index < -0.39 is 51.5 Å². The second-order valence-corrected chi connectivity index (χ2v) is 4.22. The maximum absolute atomic E-state index is 11.2. The van der Waals surface area contributed by atoms with Crippen LogP contribution in [0.2, 0.25) is 0 Å². The van der Waals surface area contributed by atoms with Gasteiger partial charge < -0.3 is 39.6 Å². The summed E-state index contributed by atoms with van der Waals surface area (Å²) in [6.07, 6.45) is 0. The largest absolute Gasteiger partial charge is 1.00 e. The van der Waals surface area contributed by atoms with Crippen LogP contribution in [-0.2, 0) is 0 Å². The average molecular weight is 457 g/mol. The van der Waals surface area contributed by atoms with Gasteiger partial charge in [-0.25, -0.2) is 0 Å². The van der Waals surface area contributed by atoms with Gasteiger partial charge in [0, 0.05) is 27.6 Å². The molecule has 112 valence electrons. The molecule has 0 heterocycles. The molecule has 0 saturated carbocycles. The van der Waals surface area contributed by atoms with E-state index in [4.69, 9.17) is 0 Å². The SMILES string of the molecule is O=C([O-])c1ccc2c(C(=O)[O-])ccc(C(=O)[O-])c2c1C(=O)[O-].[K+].[K+].[K+].[K+]. The summed E-state index contributed by atoms with van der Waals surface area (Å²) in [6.45, 7) is 0. The summed E-state index contributed by atoms with van der Waals surface area (Å²) < 4.78 is 0. The van der Waals surface area contributed by atoms with Crippen molar-refractivity contribution in [2.24, 2.45) is 0 Å². The van der Waals surface area contributed by atoms with Crippen LogP contribution in [0.5, 0.6) is 0 Å². The summed E-state index contributed by atoms with van der Waals surface area (Å²) in [5, 5.41) is 43.4. The van der Waals surface area contributed by atoms with E-state index in [-0.39, 0.29) is 211 Å². The van der Waals surface area contributed by atoms with Crippen molar-refractivity contribution in [1.82, 2.24) is 0 Å². The zero-order chi connectivity index (χ0) is 16.6. The molecule has 0 saturated heterocycles. The van der Waals surface area contributed by atoms with E-state index in [0.29, 0.717) is 0 Å². The molecule has 0 spiro atoms. The third-order valence-electron chi connectivity index (χ3n) is 3.05. The molecule has 0 aliphatic rings. The van der Waals surface area contributed by atoms with Crippen LogP contribution in [0, 0.1) is 0 Å². The molecular weight excluding hydrogens is 453 g/mol. The fourth-order valence-corrected chi connectivity index (χ4v) is 2.18. The van der Waals surface area contributed by atoms with Gasteiger partial charge in [0.15, 0.2) is 0 Å². The Kier molecular flexibility index (Phi) is 19.5. The van der Waals surface area contributed by atoms with E-state index in [0.717, 1.165) is 24.3 Å². The number of carbonyl (C=O) groups is 4. The predicted molar refractivity (Wildman–Crippen MR) is 61.3 cm³/mol. The number of hydrogen-bond donors (Lipinski definition) is 0. The Labute approximate surface area is 317 Å². The summed E-state index contributed by atoms with van der Waals surface area (Å²) in [4.78, 5) is 44.3. The molecule has 2 rings (SSSR count). The van der Waals surface area contributed by atoms with Crippen molar-refractivity contribution in [1.29, 1.82) is 0 Å². The Bertz CT molecular complexity index is 866. The van der Waals surface area contributed by atoms with Gasteiger partial charge >= 0.3 is 206 Å². The first-order valence-electron chi connectivity index (χ1n) is 5.70. The van der Waals surface area contributed by atoms with Crippen LogP contribution >= 0.6 is 0 Å². The monoisotopic (exact) mass is 456 g/mol. The van der Waals surface area contributed by atoms with Crippen molar-refractivity contribution in [3.05, 3.63) is 46.5 Å². The molecule has 2 aromatic carbocycles. The van der Waals surface area contributed by atoms with Gasteiger partial charge in [0.2, 0.25) is 0 Å². The molecule has 0 bridgehead atoms. The Morgan fingerprint density at radius 1 is 0.538 bits per heavy atom. The van der Waals surface area contributed by atoms with Crippen LogP contribution in [0.1, 0.15) is 41.4 Å². The second kappa shape index (κ2) is 15.0. The number of carbonyl (C=O) groups excluding carboxylic acids is 4. The number of fused-ring (bicyclic) bond motifs is 1. The quantitative estimate of drug-likeness (QED) is 0.410. The van der Waals surface area contributed by atoms with E-state index in [1.165, 1.54) is 0 Å². The van der Waals surface area contributed by atoms with Gasteiger partial charge in [-0.05, 0) is 5.39 Å². The third kappa shape index (κ3) is 7.67. The van der Waals surface area contributed by atoms with Gasteiger partial charge in [0.25, 0.3) is 0 Å². The molecule has 8 nitrogen and oxygen atoms in total. The number of rotatable bonds is 4. The van der Waals surface area contributed by atoms with Crippen molar-refractivity contribution in [3.63, 3.8) is 0 Å². The van der Waals surface area contributed by atoms with Crippen molar-refractivity contribution in [2.75, 3.05) is 0 Å².